The van der Waals surface area contributed by atoms with Crippen molar-refractivity contribution in [1.82, 2.24) is 10.6 Å². The van der Waals surface area contributed by atoms with Crippen LogP contribution in [0.4, 0.5) is 0 Å². The molecule has 2 N–H and O–H groups in total. The first-order valence-corrected chi connectivity index (χ1v) is 11.4. The minimum atomic E-state index is -0.243. The Hall–Kier alpha value is -2.01. The molecule has 0 aromatic carbocycles. The molecule has 7 heteroatoms. The predicted octanol–water partition coefficient (Wildman–Crippen LogP) is 4.10. The minimum Gasteiger partial charge on any atom is -0.351 e. The number of fused-ring (bicyclic) bond motifs is 5. The van der Waals surface area contributed by atoms with Gasteiger partial charge in [0.1, 0.15) is 0 Å². The van der Waals surface area contributed by atoms with Gasteiger partial charge in [0, 0.05) is 33.9 Å². The summed E-state index contributed by atoms with van der Waals surface area (Å²) >= 11 is 0. The van der Waals surface area contributed by atoms with E-state index >= 15 is 0 Å². The lowest BCUT2D eigenvalue weighted by molar-refractivity contribution is -0.136. The first kappa shape index (κ1) is 21.2. The van der Waals surface area contributed by atoms with Crippen LogP contribution in [-0.4, -0.2) is 29.4 Å². The maximum atomic E-state index is 13.2. The Morgan fingerprint density at radius 1 is 1.27 bits per heavy atom. The molecule has 0 aromatic heterocycles. The molecule has 0 saturated heterocycles. The molecule has 4 rings (SSSR count). The fourth-order valence-corrected chi connectivity index (χ4v) is 7.38. The quantitative estimate of drug-likeness (QED) is 0.404. The normalized spacial score (nSPS) is 44.8. The predicted molar refractivity (Wildman–Crippen MR) is 115 cm³/mol. The van der Waals surface area contributed by atoms with E-state index in [0.717, 1.165) is 25.7 Å². The van der Waals surface area contributed by atoms with Crippen LogP contribution in [0.1, 0.15) is 66.7 Å². The van der Waals surface area contributed by atoms with Gasteiger partial charge in [-0.05, 0) is 87.7 Å². The van der Waals surface area contributed by atoms with E-state index in [1.165, 1.54) is 0 Å². The Bertz CT molecular complexity index is 826. The van der Waals surface area contributed by atoms with E-state index in [2.05, 4.69) is 40.6 Å². The van der Waals surface area contributed by atoms with Gasteiger partial charge in [-0.25, -0.2) is 0 Å². The lowest BCUT2D eigenvalue weighted by atomic mass is 9.46. The van der Waals surface area contributed by atoms with Gasteiger partial charge in [-0.3, -0.25) is 9.59 Å². The average Bonchev–Trinajstić information content (AvgIpc) is 2.99. The van der Waals surface area contributed by atoms with Crippen LogP contribution >= 0.6 is 0 Å². The van der Waals surface area contributed by atoms with Crippen LogP contribution in [-0.2, 0) is 9.59 Å². The van der Waals surface area contributed by atoms with Crippen molar-refractivity contribution < 1.29 is 9.59 Å². The first-order valence-electron chi connectivity index (χ1n) is 11.4. The van der Waals surface area contributed by atoms with Crippen molar-refractivity contribution in [1.29, 1.82) is 0 Å². The summed E-state index contributed by atoms with van der Waals surface area (Å²) in [6.45, 7) is 10.6. The molecule has 8 unspecified atom stereocenters. The Morgan fingerprint density at radius 3 is 2.67 bits per heavy atom. The molecule has 3 saturated carbocycles. The van der Waals surface area contributed by atoms with E-state index in [-0.39, 0.29) is 52.1 Å². The summed E-state index contributed by atoms with van der Waals surface area (Å²) in [6.07, 6.45) is 8.31. The molecule has 30 heavy (non-hydrogen) atoms. The summed E-state index contributed by atoms with van der Waals surface area (Å²) in [4.78, 5) is 28.4. The highest BCUT2D eigenvalue weighted by atomic mass is 16.2. The number of rotatable bonds is 2. The molecule has 0 bridgehead atoms. The molecule has 3 fully saturated rings. The third kappa shape index (κ3) is 3.22. The lowest BCUT2D eigenvalue weighted by Crippen LogP contribution is -2.63. The fraction of sp³-hybridized carbons (Fsp3) is 0.826. The van der Waals surface area contributed by atoms with E-state index in [9.17, 15) is 15.1 Å². The zero-order chi connectivity index (χ0) is 21.9. The molecule has 3 aliphatic carbocycles. The van der Waals surface area contributed by atoms with Crippen LogP contribution < -0.4 is 10.6 Å². The van der Waals surface area contributed by atoms with Gasteiger partial charge in [0.05, 0.1) is 0 Å². The van der Waals surface area contributed by atoms with Gasteiger partial charge in [0.25, 0.3) is 0 Å². The van der Waals surface area contributed by atoms with E-state index in [0.29, 0.717) is 18.3 Å². The molecular formula is C23H35N5O2. The number of carbonyl (C=O) groups is 2. The molecule has 0 spiro atoms. The standard InChI is InChI=1S/C23H35N5O2/c1-21(2,3)26-20(30)15-7-6-13-19-14(8-10-22(13,15)4)23(5)11-9-18(29)25-17(23)12-16(19)27-28-24/h9,11,13-17,19H,6-8,10,12H2,1-5H3,(H,25,29)(H,26,30). The second-order valence-corrected chi connectivity index (χ2v) is 11.5. The van der Waals surface area contributed by atoms with E-state index in [1.54, 1.807) is 6.08 Å². The molecule has 7 nitrogen and oxygen atoms in total. The van der Waals surface area contributed by atoms with Gasteiger partial charge in [-0.1, -0.05) is 25.0 Å². The van der Waals surface area contributed by atoms with Crippen molar-refractivity contribution in [3.05, 3.63) is 22.6 Å². The van der Waals surface area contributed by atoms with Gasteiger partial charge in [-0.2, -0.15) is 0 Å². The van der Waals surface area contributed by atoms with Crippen LogP contribution in [0.15, 0.2) is 17.3 Å². The third-order valence-electron chi connectivity index (χ3n) is 8.73. The average molecular weight is 414 g/mol. The number of hydrogen-bond donors (Lipinski definition) is 2. The molecule has 164 valence electrons. The van der Waals surface area contributed by atoms with Gasteiger partial charge in [0.2, 0.25) is 11.8 Å². The molecule has 1 aliphatic heterocycles. The number of nitrogens with zero attached hydrogens (tertiary/aromatic N) is 3. The molecule has 0 aromatic rings. The topological polar surface area (TPSA) is 107 Å². The highest BCUT2D eigenvalue weighted by Gasteiger charge is 2.63. The number of carbonyl (C=O) groups excluding carboxylic acids is 2. The van der Waals surface area contributed by atoms with Gasteiger partial charge in [0.15, 0.2) is 0 Å². The van der Waals surface area contributed by atoms with Crippen molar-refractivity contribution in [2.75, 3.05) is 0 Å². The highest BCUT2D eigenvalue weighted by molar-refractivity contribution is 5.89. The molecule has 4 aliphatic rings. The van der Waals surface area contributed by atoms with Crippen molar-refractivity contribution in [2.24, 2.45) is 39.6 Å². The maximum Gasteiger partial charge on any atom is 0.243 e. The SMILES string of the molecule is CC(C)(C)NC(=O)C1CCC2C3C(N=[N+]=[N-])CC4NC(=O)C=CC4(C)C3CCC12C. The van der Waals surface area contributed by atoms with Crippen molar-refractivity contribution in [2.45, 2.75) is 84.3 Å². The molecular weight excluding hydrogens is 378 g/mol. The number of hydrogen-bond acceptors (Lipinski definition) is 3. The maximum absolute atomic E-state index is 13.2. The summed E-state index contributed by atoms with van der Waals surface area (Å²) in [5.74, 6) is 1.04. The van der Waals surface area contributed by atoms with E-state index in [1.807, 2.05) is 20.8 Å². The number of nitrogens with one attached hydrogen (secondary N) is 2. The second-order valence-electron chi connectivity index (χ2n) is 11.5. The van der Waals surface area contributed by atoms with Crippen LogP contribution in [0.25, 0.3) is 10.4 Å². The Morgan fingerprint density at radius 2 is 2.00 bits per heavy atom. The fourth-order valence-electron chi connectivity index (χ4n) is 7.38. The molecule has 1 heterocycles. The smallest absolute Gasteiger partial charge is 0.243 e. The van der Waals surface area contributed by atoms with Crippen LogP contribution in [0.3, 0.4) is 0 Å². The summed E-state index contributed by atoms with van der Waals surface area (Å²) in [7, 11) is 0. The Kier molecular flexibility index (Phi) is 4.96. The Labute approximate surface area is 179 Å². The number of azide groups is 1. The van der Waals surface area contributed by atoms with Crippen molar-refractivity contribution in [3.63, 3.8) is 0 Å². The van der Waals surface area contributed by atoms with E-state index in [4.69, 9.17) is 0 Å². The third-order valence-corrected chi connectivity index (χ3v) is 8.73. The lowest BCUT2D eigenvalue weighted by Gasteiger charge is -2.60. The summed E-state index contributed by atoms with van der Waals surface area (Å²) in [5, 5.41) is 10.6. The van der Waals surface area contributed by atoms with Crippen molar-refractivity contribution in [3.8, 4) is 0 Å². The van der Waals surface area contributed by atoms with Gasteiger partial charge < -0.3 is 10.6 Å². The molecule has 0 radical (unpaired) electrons. The summed E-state index contributed by atoms with van der Waals surface area (Å²) in [5.41, 5.74) is 8.83. The molecule has 8 atom stereocenters. The van der Waals surface area contributed by atoms with Crippen LogP contribution in [0.5, 0.6) is 0 Å². The molecule has 2 amide bonds. The van der Waals surface area contributed by atoms with Crippen LogP contribution in [0.2, 0.25) is 0 Å². The van der Waals surface area contributed by atoms with E-state index < -0.39 is 0 Å². The Balaban J connectivity index is 1.68. The number of amides is 2. The summed E-state index contributed by atoms with van der Waals surface area (Å²) < 4.78 is 0. The highest BCUT2D eigenvalue weighted by Crippen LogP contribution is 2.65. The minimum absolute atomic E-state index is 0.00141. The monoisotopic (exact) mass is 413 g/mol. The summed E-state index contributed by atoms with van der Waals surface area (Å²) in [6, 6.07) is -0.142. The largest absolute Gasteiger partial charge is 0.351 e. The second kappa shape index (κ2) is 7.01. The first-order chi connectivity index (χ1) is 14.0. The van der Waals surface area contributed by atoms with Gasteiger partial charge in [-0.15, -0.1) is 0 Å². The van der Waals surface area contributed by atoms with Gasteiger partial charge >= 0.3 is 0 Å². The van der Waals surface area contributed by atoms with Crippen LogP contribution in [0, 0.1) is 34.5 Å². The zero-order valence-corrected chi connectivity index (χ0v) is 18.8. The van der Waals surface area contributed by atoms with Crippen molar-refractivity contribution >= 4 is 11.8 Å². The zero-order valence-electron chi connectivity index (χ0n) is 18.8.